The molecule has 0 aliphatic heterocycles. The average molecular weight is 392 g/mol. The Bertz CT molecular complexity index is 865. The van der Waals surface area contributed by atoms with Crippen LogP contribution < -0.4 is 15.0 Å². The monoisotopic (exact) mass is 392 g/mol. The van der Waals surface area contributed by atoms with Crippen LogP contribution in [0.25, 0.3) is 0 Å². The molecule has 0 radical (unpaired) electrons. The maximum absolute atomic E-state index is 14.0. The lowest BCUT2D eigenvalue weighted by Crippen LogP contribution is -2.41. The molecule has 0 aliphatic carbocycles. The maximum Gasteiger partial charge on any atom is 0.573 e. The summed E-state index contributed by atoms with van der Waals surface area (Å²) < 4.78 is 80.9. The Balaban J connectivity index is 2.16. The van der Waals surface area contributed by atoms with Gasteiger partial charge < -0.3 is 4.74 Å². The minimum Gasteiger partial charge on any atom is -0.406 e. The van der Waals surface area contributed by atoms with Gasteiger partial charge in [0.1, 0.15) is 22.9 Å². The van der Waals surface area contributed by atoms with Crippen molar-refractivity contribution in [2.24, 2.45) is 0 Å². The summed E-state index contributed by atoms with van der Waals surface area (Å²) in [6.45, 7) is 0. The third kappa shape index (κ3) is 4.90. The molecule has 0 atom stereocenters. The van der Waals surface area contributed by atoms with Crippen molar-refractivity contribution in [3.05, 3.63) is 59.4 Å². The van der Waals surface area contributed by atoms with E-state index in [1.54, 1.807) is 5.32 Å². The van der Waals surface area contributed by atoms with Gasteiger partial charge in [-0.05, 0) is 24.3 Å². The van der Waals surface area contributed by atoms with Gasteiger partial charge >= 0.3 is 12.4 Å². The predicted octanol–water partition coefficient (Wildman–Crippen LogP) is 3.99. The number of imide groups is 1. The topological polar surface area (TPSA) is 58.6 Å². The number of benzene rings is 2. The zero-order valence-corrected chi connectivity index (χ0v) is 13.4. The molecule has 0 heterocycles. The summed E-state index contributed by atoms with van der Waals surface area (Å²) >= 11 is 0. The van der Waals surface area contributed by atoms with Gasteiger partial charge in [-0.25, -0.2) is 18.0 Å². The van der Waals surface area contributed by atoms with Crippen LogP contribution in [0.1, 0.15) is 10.4 Å². The van der Waals surface area contributed by atoms with Crippen molar-refractivity contribution in [3.63, 3.8) is 0 Å². The zero-order valence-electron chi connectivity index (χ0n) is 13.4. The van der Waals surface area contributed by atoms with E-state index in [0.29, 0.717) is 11.0 Å². The Hall–Kier alpha value is -3.24. The molecule has 144 valence electrons. The van der Waals surface area contributed by atoms with Crippen LogP contribution >= 0.6 is 0 Å². The molecule has 0 aliphatic rings. The number of halogens is 6. The Labute approximate surface area is 148 Å². The van der Waals surface area contributed by atoms with Gasteiger partial charge in [0.2, 0.25) is 0 Å². The minimum atomic E-state index is -5.03. The first-order valence-corrected chi connectivity index (χ1v) is 7.08. The number of anilines is 1. The molecule has 0 unspecified atom stereocenters. The van der Waals surface area contributed by atoms with Crippen molar-refractivity contribution in [3.8, 4) is 5.75 Å². The minimum absolute atomic E-state index is 0.380. The van der Waals surface area contributed by atoms with E-state index in [9.17, 15) is 35.9 Å². The lowest BCUT2D eigenvalue weighted by molar-refractivity contribution is -0.274. The molecule has 0 spiro atoms. The summed E-state index contributed by atoms with van der Waals surface area (Å²) in [5.41, 5.74) is -1.53. The Morgan fingerprint density at radius 3 is 2.11 bits per heavy atom. The predicted molar refractivity (Wildman–Crippen MR) is 80.7 cm³/mol. The molecular formula is C16H10F6N2O3. The fourth-order valence-corrected chi connectivity index (χ4v) is 2.02. The van der Waals surface area contributed by atoms with Gasteiger partial charge in [0.15, 0.2) is 5.82 Å². The first-order valence-electron chi connectivity index (χ1n) is 7.08. The van der Waals surface area contributed by atoms with Crippen molar-refractivity contribution < 1.29 is 40.7 Å². The van der Waals surface area contributed by atoms with E-state index >= 15 is 0 Å². The molecule has 1 N–H and O–H groups in total. The van der Waals surface area contributed by atoms with Crippen molar-refractivity contribution in [1.29, 1.82) is 0 Å². The zero-order chi connectivity index (χ0) is 20.4. The van der Waals surface area contributed by atoms with Crippen molar-refractivity contribution in [1.82, 2.24) is 5.32 Å². The van der Waals surface area contributed by atoms with Gasteiger partial charge in [-0.15, -0.1) is 13.2 Å². The smallest absolute Gasteiger partial charge is 0.406 e. The number of urea groups is 1. The second-order valence-corrected chi connectivity index (χ2v) is 5.08. The van der Waals surface area contributed by atoms with Crippen LogP contribution in [0, 0.1) is 17.5 Å². The number of alkyl halides is 3. The van der Waals surface area contributed by atoms with Crippen LogP contribution in [0.4, 0.5) is 36.8 Å². The molecule has 2 aromatic carbocycles. The SMILES string of the molecule is CN(C(=O)NC(=O)c1c(F)cccc1F)c1ccc(OC(F)(F)F)cc1F. The summed E-state index contributed by atoms with van der Waals surface area (Å²) in [5, 5.41) is 1.65. The molecule has 2 aromatic rings. The second-order valence-electron chi connectivity index (χ2n) is 5.08. The molecule has 11 heteroatoms. The van der Waals surface area contributed by atoms with E-state index in [1.165, 1.54) is 0 Å². The highest BCUT2D eigenvalue weighted by Crippen LogP contribution is 2.27. The number of rotatable bonds is 3. The summed E-state index contributed by atoms with van der Waals surface area (Å²) in [4.78, 5) is 24.4. The Morgan fingerprint density at radius 2 is 1.59 bits per heavy atom. The number of carbonyl (C=O) groups is 2. The van der Waals surface area contributed by atoms with E-state index in [0.717, 1.165) is 37.4 Å². The largest absolute Gasteiger partial charge is 0.573 e. The van der Waals surface area contributed by atoms with Gasteiger partial charge in [-0.3, -0.25) is 15.0 Å². The number of amides is 3. The van der Waals surface area contributed by atoms with Crippen LogP contribution in [0.15, 0.2) is 36.4 Å². The number of hydrogen-bond acceptors (Lipinski definition) is 3. The lowest BCUT2D eigenvalue weighted by atomic mass is 10.2. The molecule has 5 nitrogen and oxygen atoms in total. The second kappa shape index (κ2) is 7.56. The van der Waals surface area contributed by atoms with Gasteiger partial charge in [-0.1, -0.05) is 6.07 Å². The quantitative estimate of drug-likeness (QED) is 0.804. The van der Waals surface area contributed by atoms with E-state index in [2.05, 4.69) is 4.74 Å². The summed E-state index contributed by atoms with van der Waals surface area (Å²) in [5.74, 6) is -5.98. The number of ether oxygens (including phenoxy) is 1. The average Bonchev–Trinajstić information content (AvgIpc) is 2.52. The molecule has 0 aromatic heterocycles. The first kappa shape index (κ1) is 20.1. The molecule has 27 heavy (non-hydrogen) atoms. The van der Waals surface area contributed by atoms with E-state index in [-0.39, 0.29) is 0 Å². The molecule has 2 rings (SSSR count). The molecule has 0 saturated carbocycles. The van der Waals surface area contributed by atoms with Crippen LogP contribution in [0.2, 0.25) is 0 Å². The van der Waals surface area contributed by atoms with Crippen LogP contribution in [0.5, 0.6) is 5.75 Å². The van der Waals surface area contributed by atoms with Crippen LogP contribution in [0.3, 0.4) is 0 Å². The summed E-state index contributed by atoms with van der Waals surface area (Å²) in [6.07, 6.45) is -5.03. The van der Waals surface area contributed by atoms with Crippen molar-refractivity contribution in [2.45, 2.75) is 6.36 Å². The highest BCUT2D eigenvalue weighted by molar-refractivity contribution is 6.08. The molecule has 3 amide bonds. The summed E-state index contributed by atoms with van der Waals surface area (Å²) in [7, 11) is 0.989. The van der Waals surface area contributed by atoms with E-state index in [4.69, 9.17) is 0 Å². The standard InChI is InChI=1S/C16H10F6N2O3/c1-24(12-6-5-8(7-11(12)19)27-16(20,21)22)15(26)23-14(25)13-9(17)3-2-4-10(13)18/h2-7H,1H3,(H,23,25,26). The molecule has 0 fully saturated rings. The summed E-state index contributed by atoms with van der Waals surface area (Å²) in [6, 6.07) is 3.25. The highest BCUT2D eigenvalue weighted by Gasteiger charge is 2.31. The lowest BCUT2D eigenvalue weighted by Gasteiger charge is -2.19. The molecular weight excluding hydrogens is 382 g/mol. The van der Waals surface area contributed by atoms with Crippen molar-refractivity contribution in [2.75, 3.05) is 11.9 Å². The molecule has 0 bridgehead atoms. The van der Waals surface area contributed by atoms with Gasteiger partial charge in [0, 0.05) is 13.1 Å². The van der Waals surface area contributed by atoms with E-state index in [1.807, 2.05) is 0 Å². The normalized spacial score (nSPS) is 11.1. The van der Waals surface area contributed by atoms with E-state index < -0.39 is 52.8 Å². The Morgan fingerprint density at radius 1 is 1.00 bits per heavy atom. The third-order valence-corrected chi connectivity index (χ3v) is 3.23. The van der Waals surface area contributed by atoms with Crippen LogP contribution in [-0.4, -0.2) is 25.3 Å². The first-order chi connectivity index (χ1) is 12.5. The number of nitrogens with zero attached hydrogens (tertiary/aromatic N) is 1. The maximum atomic E-state index is 14.0. The Kier molecular flexibility index (Phi) is 5.62. The number of carbonyl (C=O) groups excluding carboxylic acids is 2. The van der Waals surface area contributed by atoms with Gasteiger partial charge in [-0.2, -0.15) is 0 Å². The number of hydrogen-bond donors (Lipinski definition) is 1. The highest BCUT2D eigenvalue weighted by atomic mass is 19.4. The molecule has 0 saturated heterocycles. The van der Waals surface area contributed by atoms with Crippen LogP contribution in [-0.2, 0) is 0 Å². The van der Waals surface area contributed by atoms with Gasteiger partial charge in [0.05, 0.1) is 5.69 Å². The number of nitrogens with one attached hydrogen (secondary N) is 1. The fourth-order valence-electron chi connectivity index (χ4n) is 2.02. The third-order valence-electron chi connectivity index (χ3n) is 3.23. The van der Waals surface area contributed by atoms with Crippen molar-refractivity contribution >= 4 is 17.6 Å². The van der Waals surface area contributed by atoms with Gasteiger partial charge in [0.25, 0.3) is 5.91 Å². The fraction of sp³-hybridized carbons (Fsp3) is 0.125.